The molecule has 0 aromatic heterocycles. The summed E-state index contributed by atoms with van der Waals surface area (Å²) in [5, 5.41) is 0. The van der Waals surface area contributed by atoms with E-state index in [1.165, 1.54) is 12.8 Å². The molecule has 0 fully saturated rings. The van der Waals surface area contributed by atoms with Gasteiger partial charge in [-0.3, -0.25) is 0 Å². The Bertz CT molecular complexity index is 135. The van der Waals surface area contributed by atoms with E-state index >= 15 is 0 Å². The largest absolute Gasteiger partial charge is 0.435 e. The Morgan fingerprint density at radius 1 is 0.786 bits per heavy atom. The van der Waals surface area contributed by atoms with Crippen LogP contribution in [-0.2, 0) is 0 Å². The lowest BCUT2D eigenvalue weighted by Gasteiger charge is -2.22. The fourth-order valence-corrected chi connectivity index (χ4v) is 4.03. The lowest BCUT2D eigenvalue weighted by atomic mass is 9.93. The second-order valence-electron chi connectivity index (χ2n) is 6.85. The molecule has 0 radical (unpaired) electrons. The highest BCUT2D eigenvalue weighted by atomic mass is 28.3. The SMILES string of the molecule is CC(C)(C)CC[SiH](O)CCC(C)(C)C. The summed E-state index contributed by atoms with van der Waals surface area (Å²) in [6.07, 6.45) is 2.34. The number of rotatable bonds is 4. The molecule has 0 amide bonds. The Morgan fingerprint density at radius 2 is 1.07 bits per heavy atom. The van der Waals surface area contributed by atoms with Crippen LogP contribution in [0.15, 0.2) is 0 Å². The van der Waals surface area contributed by atoms with Crippen LogP contribution in [0.25, 0.3) is 0 Å². The van der Waals surface area contributed by atoms with Gasteiger partial charge in [-0.15, -0.1) is 0 Å². The van der Waals surface area contributed by atoms with Crippen molar-refractivity contribution in [1.82, 2.24) is 0 Å². The van der Waals surface area contributed by atoms with Crippen LogP contribution in [0.3, 0.4) is 0 Å². The molecule has 0 bridgehead atoms. The third kappa shape index (κ3) is 10.3. The maximum absolute atomic E-state index is 9.91. The van der Waals surface area contributed by atoms with Crippen molar-refractivity contribution in [3.05, 3.63) is 0 Å². The molecule has 1 nitrogen and oxygen atoms in total. The average molecular weight is 216 g/mol. The zero-order valence-electron chi connectivity index (χ0n) is 10.9. The van der Waals surface area contributed by atoms with Crippen molar-refractivity contribution in [3.8, 4) is 0 Å². The first-order valence-corrected chi connectivity index (χ1v) is 7.93. The van der Waals surface area contributed by atoms with Crippen molar-refractivity contribution >= 4 is 9.04 Å². The standard InChI is InChI=1S/C12H28OSi/c1-11(2,3)7-9-14(13)10-8-12(4,5)6/h13-14H,7-10H2,1-6H3. The van der Waals surface area contributed by atoms with Crippen molar-refractivity contribution in [2.24, 2.45) is 10.8 Å². The van der Waals surface area contributed by atoms with Gasteiger partial charge in [-0.05, 0) is 35.8 Å². The van der Waals surface area contributed by atoms with Gasteiger partial charge in [0.1, 0.15) is 0 Å². The number of hydrogen-bond donors (Lipinski definition) is 1. The van der Waals surface area contributed by atoms with Gasteiger partial charge in [-0.1, -0.05) is 41.5 Å². The van der Waals surface area contributed by atoms with E-state index in [1.54, 1.807) is 0 Å². The maximum Gasteiger partial charge on any atom is 0.172 e. The summed E-state index contributed by atoms with van der Waals surface area (Å²) in [4.78, 5) is 9.91. The zero-order chi connectivity index (χ0) is 11.4. The van der Waals surface area contributed by atoms with Crippen LogP contribution in [-0.4, -0.2) is 13.8 Å². The van der Waals surface area contributed by atoms with E-state index in [9.17, 15) is 4.80 Å². The third-order valence-electron chi connectivity index (χ3n) is 2.46. The molecular formula is C12H28OSi. The van der Waals surface area contributed by atoms with Gasteiger partial charge in [0.25, 0.3) is 0 Å². The van der Waals surface area contributed by atoms with E-state index < -0.39 is 9.04 Å². The molecular weight excluding hydrogens is 188 g/mol. The maximum atomic E-state index is 9.91. The van der Waals surface area contributed by atoms with Crippen molar-refractivity contribution in [3.63, 3.8) is 0 Å². The second-order valence-corrected chi connectivity index (χ2v) is 9.31. The summed E-state index contributed by atoms with van der Waals surface area (Å²) in [6.45, 7) is 13.5. The highest BCUT2D eigenvalue weighted by Crippen LogP contribution is 2.26. The molecule has 0 heterocycles. The summed E-state index contributed by atoms with van der Waals surface area (Å²) in [7, 11) is -1.40. The van der Waals surface area contributed by atoms with Crippen LogP contribution in [0.5, 0.6) is 0 Å². The van der Waals surface area contributed by atoms with E-state index in [2.05, 4.69) is 41.5 Å². The molecule has 0 aliphatic heterocycles. The van der Waals surface area contributed by atoms with Crippen molar-refractivity contribution in [2.75, 3.05) is 0 Å². The molecule has 1 N–H and O–H groups in total. The molecule has 14 heavy (non-hydrogen) atoms. The fraction of sp³-hybridized carbons (Fsp3) is 1.00. The summed E-state index contributed by atoms with van der Waals surface area (Å²) in [6, 6.07) is 2.17. The topological polar surface area (TPSA) is 20.2 Å². The minimum absolute atomic E-state index is 0.385. The van der Waals surface area contributed by atoms with Gasteiger partial charge in [0.2, 0.25) is 0 Å². The van der Waals surface area contributed by atoms with E-state index in [0.717, 1.165) is 12.1 Å². The van der Waals surface area contributed by atoms with Crippen LogP contribution in [0.4, 0.5) is 0 Å². The summed E-state index contributed by atoms with van der Waals surface area (Å²) in [5.74, 6) is 0. The molecule has 0 unspecified atom stereocenters. The first kappa shape index (κ1) is 14.2. The lowest BCUT2D eigenvalue weighted by molar-refractivity contribution is 0.375. The van der Waals surface area contributed by atoms with Gasteiger partial charge in [0, 0.05) is 0 Å². The van der Waals surface area contributed by atoms with Crippen molar-refractivity contribution < 1.29 is 4.80 Å². The molecule has 2 heteroatoms. The Hall–Kier alpha value is 0.177. The Kier molecular flexibility index (Phi) is 5.38. The molecule has 0 spiro atoms. The van der Waals surface area contributed by atoms with Crippen LogP contribution < -0.4 is 0 Å². The molecule has 0 aromatic carbocycles. The Labute approximate surface area is 91.6 Å². The molecule has 0 atom stereocenters. The molecule has 0 aliphatic carbocycles. The molecule has 0 aromatic rings. The van der Waals surface area contributed by atoms with Gasteiger partial charge in [0.05, 0.1) is 0 Å². The van der Waals surface area contributed by atoms with Crippen molar-refractivity contribution in [1.29, 1.82) is 0 Å². The zero-order valence-corrected chi connectivity index (χ0v) is 12.0. The van der Waals surface area contributed by atoms with E-state index in [-0.39, 0.29) is 0 Å². The monoisotopic (exact) mass is 216 g/mol. The molecule has 0 aliphatic rings. The smallest absolute Gasteiger partial charge is 0.172 e. The van der Waals surface area contributed by atoms with Crippen molar-refractivity contribution in [2.45, 2.75) is 66.5 Å². The van der Waals surface area contributed by atoms with Crippen LogP contribution in [0, 0.1) is 10.8 Å². The van der Waals surface area contributed by atoms with Gasteiger partial charge >= 0.3 is 0 Å². The minimum atomic E-state index is -1.40. The highest BCUT2D eigenvalue weighted by Gasteiger charge is 2.17. The second kappa shape index (κ2) is 5.31. The molecule has 0 rings (SSSR count). The first-order valence-electron chi connectivity index (χ1n) is 5.78. The molecule has 0 saturated heterocycles. The summed E-state index contributed by atoms with van der Waals surface area (Å²) in [5.41, 5.74) is 0.769. The van der Waals surface area contributed by atoms with Crippen LogP contribution in [0.1, 0.15) is 54.4 Å². The van der Waals surface area contributed by atoms with Gasteiger partial charge in [-0.2, -0.15) is 0 Å². The molecule has 86 valence electrons. The Morgan fingerprint density at radius 3 is 1.29 bits per heavy atom. The van der Waals surface area contributed by atoms with Crippen LogP contribution in [0.2, 0.25) is 12.1 Å². The van der Waals surface area contributed by atoms with Gasteiger partial charge in [0.15, 0.2) is 9.04 Å². The average Bonchev–Trinajstić information content (AvgIpc) is 1.94. The fourth-order valence-electron chi connectivity index (χ4n) is 1.34. The lowest BCUT2D eigenvalue weighted by Crippen LogP contribution is -2.18. The highest BCUT2D eigenvalue weighted by molar-refractivity contribution is 6.50. The van der Waals surface area contributed by atoms with Gasteiger partial charge in [-0.25, -0.2) is 0 Å². The third-order valence-corrected chi connectivity index (χ3v) is 4.37. The summed E-state index contributed by atoms with van der Waals surface area (Å²) >= 11 is 0. The minimum Gasteiger partial charge on any atom is -0.435 e. The number of hydrogen-bond acceptors (Lipinski definition) is 1. The summed E-state index contributed by atoms with van der Waals surface area (Å²) < 4.78 is 0. The molecule has 0 saturated carbocycles. The van der Waals surface area contributed by atoms with Crippen LogP contribution >= 0.6 is 0 Å². The Balaban J connectivity index is 3.62. The van der Waals surface area contributed by atoms with Gasteiger partial charge < -0.3 is 4.80 Å². The van der Waals surface area contributed by atoms with E-state index in [4.69, 9.17) is 0 Å². The predicted octanol–water partition coefficient (Wildman–Crippen LogP) is 3.57. The van der Waals surface area contributed by atoms with E-state index in [0.29, 0.717) is 10.8 Å². The normalized spacial score (nSPS) is 13.7. The first-order chi connectivity index (χ1) is 6.10. The quantitative estimate of drug-likeness (QED) is 0.712. The predicted molar refractivity (Wildman–Crippen MR) is 67.1 cm³/mol. The van der Waals surface area contributed by atoms with E-state index in [1.807, 2.05) is 0 Å².